The minimum atomic E-state index is 0.387. The van der Waals surface area contributed by atoms with Gasteiger partial charge in [-0.15, -0.1) is 11.8 Å². The molecule has 1 aliphatic rings. The maximum absolute atomic E-state index is 5.58. The Balaban J connectivity index is 2.50. The molecule has 0 spiro atoms. The van der Waals surface area contributed by atoms with E-state index in [1.165, 1.54) is 6.42 Å². The van der Waals surface area contributed by atoms with Crippen LogP contribution in [0.2, 0.25) is 0 Å². The van der Waals surface area contributed by atoms with Crippen molar-refractivity contribution in [3.8, 4) is 11.8 Å². The number of rotatable bonds is 4. The van der Waals surface area contributed by atoms with Crippen LogP contribution in [0.1, 0.15) is 33.6 Å². The van der Waals surface area contributed by atoms with E-state index in [0.29, 0.717) is 18.1 Å². The van der Waals surface area contributed by atoms with Crippen LogP contribution in [0.3, 0.4) is 0 Å². The van der Waals surface area contributed by atoms with Gasteiger partial charge in [0.05, 0.1) is 6.10 Å². The van der Waals surface area contributed by atoms with Gasteiger partial charge in [-0.05, 0) is 26.8 Å². The molecule has 2 nitrogen and oxygen atoms in total. The molecule has 0 saturated carbocycles. The van der Waals surface area contributed by atoms with Crippen molar-refractivity contribution in [2.45, 2.75) is 45.8 Å². The number of ether oxygens (including phenoxy) is 1. The van der Waals surface area contributed by atoms with Gasteiger partial charge in [0.25, 0.3) is 0 Å². The van der Waals surface area contributed by atoms with Crippen molar-refractivity contribution in [1.82, 2.24) is 5.32 Å². The lowest BCUT2D eigenvalue weighted by Crippen LogP contribution is -2.38. The van der Waals surface area contributed by atoms with Crippen LogP contribution in [-0.4, -0.2) is 25.3 Å². The minimum Gasteiger partial charge on any atom is -0.378 e. The summed E-state index contributed by atoms with van der Waals surface area (Å²) in [6.45, 7) is 8.14. The van der Waals surface area contributed by atoms with E-state index in [4.69, 9.17) is 4.74 Å². The highest BCUT2D eigenvalue weighted by Crippen LogP contribution is 2.25. The highest BCUT2D eigenvalue weighted by molar-refractivity contribution is 5.00. The summed E-state index contributed by atoms with van der Waals surface area (Å²) in [5, 5.41) is 3.51. The second-order valence-corrected chi connectivity index (χ2v) is 3.82. The molecule has 1 saturated heterocycles. The van der Waals surface area contributed by atoms with Crippen LogP contribution in [-0.2, 0) is 4.74 Å². The fraction of sp³-hybridized carbons (Fsp3) is 0.833. The lowest BCUT2D eigenvalue weighted by Gasteiger charge is -2.24. The molecule has 1 fully saturated rings. The lowest BCUT2D eigenvalue weighted by atomic mass is 9.91. The lowest BCUT2D eigenvalue weighted by molar-refractivity contribution is 0.0961. The van der Waals surface area contributed by atoms with Gasteiger partial charge in [-0.2, -0.15) is 0 Å². The summed E-state index contributed by atoms with van der Waals surface area (Å²) < 4.78 is 5.58. The molecule has 0 aromatic heterocycles. The average molecular weight is 195 g/mol. The monoisotopic (exact) mass is 195 g/mol. The first-order valence-corrected chi connectivity index (χ1v) is 5.54. The van der Waals surface area contributed by atoms with Gasteiger partial charge >= 0.3 is 0 Å². The van der Waals surface area contributed by atoms with Crippen molar-refractivity contribution in [3.05, 3.63) is 0 Å². The first-order valence-electron chi connectivity index (χ1n) is 5.54. The maximum atomic E-state index is 5.58. The second kappa shape index (κ2) is 6.06. The molecule has 3 atom stereocenters. The fourth-order valence-electron chi connectivity index (χ4n) is 2.13. The highest BCUT2D eigenvalue weighted by atomic mass is 16.5. The van der Waals surface area contributed by atoms with Crippen LogP contribution in [0, 0.1) is 17.8 Å². The molecule has 1 heterocycles. The molecule has 80 valence electrons. The summed E-state index contributed by atoms with van der Waals surface area (Å²) in [7, 11) is 0. The smallest absolute Gasteiger partial charge is 0.0591 e. The Morgan fingerprint density at radius 2 is 2.36 bits per heavy atom. The summed E-state index contributed by atoms with van der Waals surface area (Å²) in [5.74, 6) is 6.76. The molecule has 0 bridgehead atoms. The molecule has 0 aromatic carbocycles. The molecule has 1 rings (SSSR count). The zero-order valence-corrected chi connectivity index (χ0v) is 9.47. The zero-order chi connectivity index (χ0) is 10.4. The van der Waals surface area contributed by atoms with E-state index in [-0.39, 0.29) is 0 Å². The summed E-state index contributed by atoms with van der Waals surface area (Å²) in [6.07, 6.45) is 2.50. The molecule has 3 unspecified atom stereocenters. The third-order valence-corrected chi connectivity index (χ3v) is 2.92. The number of hydrogen-bond acceptors (Lipinski definition) is 2. The Morgan fingerprint density at radius 3 is 2.86 bits per heavy atom. The van der Waals surface area contributed by atoms with Crippen LogP contribution in [0.25, 0.3) is 0 Å². The van der Waals surface area contributed by atoms with E-state index in [1.54, 1.807) is 0 Å². The van der Waals surface area contributed by atoms with E-state index < -0.39 is 0 Å². The Labute approximate surface area is 87.4 Å². The Kier molecular flexibility index (Phi) is 5.00. The molecular weight excluding hydrogens is 174 g/mol. The summed E-state index contributed by atoms with van der Waals surface area (Å²) >= 11 is 0. The van der Waals surface area contributed by atoms with Crippen LogP contribution in [0.15, 0.2) is 0 Å². The van der Waals surface area contributed by atoms with Gasteiger partial charge in [0, 0.05) is 25.0 Å². The number of nitrogens with one attached hydrogen (secondary N) is 1. The van der Waals surface area contributed by atoms with Gasteiger partial charge in [-0.1, -0.05) is 6.92 Å². The number of hydrogen-bond donors (Lipinski definition) is 1. The summed E-state index contributed by atoms with van der Waals surface area (Å²) in [4.78, 5) is 0. The van der Waals surface area contributed by atoms with Crippen molar-refractivity contribution >= 4 is 0 Å². The van der Waals surface area contributed by atoms with Crippen LogP contribution in [0.5, 0.6) is 0 Å². The van der Waals surface area contributed by atoms with Gasteiger partial charge < -0.3 is 10.1 Å². The van der Waals surface area contributed by atoms with Crippen LogP contribution < -0.4 is 5.32 Å². The largest absolute Gasteiger partial charge is 0.378 e. The standard InChI is InChI=1S/C12H21NO/c1-4-6-7-12(13-5-2)11-8-9-14-10(11)3/h10-13H,5,7-9H2,1-3H3. The summed E-state index contributed by atoms with van der Waals surface area (Å²) in [5.41, 5.74) is 0. The average Bonchev–Trinajstić information content (AvgIpc) is 2.59. The Morgan fingerprint density at radius 1 is 1.57 bits per heavy atom. The molecule has 1 aliphatic heterocycles. The predicted octanol–water partition coefficient (Wildman–Crippen LogP) is 1.80. The molecule has 1 N–H and O–H groups in total. The third kappa shape index (κ3) is 3.01. The van der Waals surface area contributed by atoms with Crippen molar-refractivity contribution in [2.75, 3.05) is 13.2 Å². The van der Waals surface area contributed by atoms with Gasteiger partial charge in [0.2, 0.25) is 0 Å². The SMILES string of the molecule is CC#CCC(NCC)C1CCOC1C. The Hall–Kier alpha value is -0.520. The molecule has 14 heavy (non-hydrogen) atoms. The van der Waals surface area contributed by atoms with Gasteiger partial charge in [-0.25, -0.2) is 0 Å². The van der Waals surface area contributed by atoms with E-state index in [0.717, 1.165) is 19.6 Å². The van der Waals surface area contributed by atoms with E-state index in [2.05, 4.69) is 31.0 Å². The van der Waals surface area contributed by atoms with Crippen LogP contribution in [0.4, 0.5) is 0 Å². The molecule has 0 radical (unpaired) electrons. The maximum Gasteiger partial charge on any atom is 0.0591 e. The molecule has 0 aromatic rings. The first kappa shape index (κ1) is 11.6. The second-order valence-electron chi connectivity index (χ2n) is 3.82. The van der Waals surface area contributed by atoms with Crippen molar-refractivity contribution in [2.24, 2.45) is 5.92 Å². The van der Waals surface area contributed by atoms with Crippen LogP contribution >= 0.6 is 0 Å². The van der Waals surface area contributed by atoms with Gasteiger partial charge in [0.1, 0.15) is 0 Å². The van der Waals surface area contributed by atoms with Crippen molar-refractivity contribution in [1.29, 1.82) is 0 Å². The molecule has 2 heteroatoms. The summed E-state index contributed by atoms with van der Waals surface area (Å²) in [6, 6.07) is 0.505. The minimum absolute atomic E-state index is 0.387. The normalized spacial score (nSPS) is 28.2. The molecule has 0 aliphatic carbocycles. The van der Waals surface area contributed by atoms with Gasteiger partial charge in [-0.3, -0.25) is 0 Å². The Bertz CT molecular complexity index is 216. The van der Waals surface area contributed by atoms with Gasteiger partial charge in [0.15, 0.2) is 0 Å². The van der Waals surface area contributed by atoms with E-state index >= 15 is 0 Å². The predicted molar refractivity (Wildman–Crippen MR) is 59.1 cm³/mol. The zero-order valence-electron chi connectivity index (χ0n) is 9.47. The van der Waals surface area contributed by atoms with Crippen molar-refractivity contribution in [3.63, 3.8) is 0 Å². The van der Waals surface area contributed by atoms with Crippen molar-refractivity contribution < 1.29 is 4.74 Å². The third-order valence-electron chi connectivity index (χ3n) is 2.92. The van der Waals surface area contributed by atoms with E-state index in [1.807, 2.05) is 6.92 Å². The first-order chi connectivity index (χ1) is 6.79. The molecular formula is C12H21NO. The fourth-order valence-corrected chi connectivity index (χ4v) is 2.13. The molecule has 0 amide bonds. The highest BCUT2D eigenvalue weighted by Gasteiger charge is 2.30. The topological polar surface area (TPSA) is 21.3 Å². The quantitative estimate of drug-likeness (QED) is 0.691. The van der Waals surface area contributed by atoms with E-state index in [9.17, 15) is 0 Å².